The van der Waals surface area contributed by atoms with Gasteiger partial charge >= 0.3 is 12.1 Å². The van der Waals surface area contributed by atoms with E-state index in [4.69, 9.17) is 0 Å². The third-order valence-corrected chi connectivity index (χ3v) is 5.35. The van der Waals surface area contributed by atoms with Crippen LogP contribution < -0.4 is 10.3 Å². The zero-order chi connectivity index (χ0) is 23.1. The predicted octanol–water partition coefficient (Wildman–Crippen LogP) is 5.66. The summed E-state index contributed by atoms with van der Waals surface area (Å²) in [7, 11) is 0. The number of anilines is 1. The van der Waals surface area contributed by atoms with Crippen molar-refractivity contribution in [3.8, 4) is 0 Å². The van der Waals surface area contributed by atoms with Crippen LogP contribution in [-0.2, 0) is 0 Å². The first kappa shape index (κ1) is 25.0. The molecule has 4 rings (SSSR count). The monoisotopic (exact) mass is 494 g/mol. The Labute approximate surface area is 190 Å². The van der Waals surface area contributed by atoms with E-state index in [0.717, 1.165) is 22.7 Å². The molecule has 3 heterocycles. The molecule has 1 N–H and O–H groups in total. The normalized spacial score (nSPS) is 19.1. The zero-order valence-corrected chi connectivity index (χ0v) is 17.7. The highest BCUT2D eigenvalue weighted by Gasteiger charge is 2.63. The summed E-state index contributed by atoms with van der Waals surface area (Å²) >= 11 is 0. The smallest absolute Gasteiger partial charge is 0.313 e. The van der Waals surface area contributed by atoms with Crippen LogP contribution in [0.5, 0.6) is 0 Å². The number of nitrogens with zero attached hydrogens (tertiary/aromatic N) is 3. The van der Waals surface area contributed by atoms with Crippen LogP contribution in [-0.4, -0.2) is 35.9 Å². The maximum absolute atomic E-state index is 14.4. The molecule has 1 aromatic carbocycles. The molecule has 178 valence electrons. The van der Waals surface area contributed by atoms with Crippen molar-refractivity contribution in [2.24, 2.45) is 5.10 Å². The lowest BCUT2D eigenvalue weighted by Crippen LogP contribution is -2.43. The molecule has 4 nitrogen and oxygen atoms in total. The summed E-state index contributed by atoms with van der Waals surface area (Å²) in [5.74, 6) is -7.26. The van der Waals surface area contributed by atoms with Crippen LogP contribution in [0.1, 0.15) is 30.1 Å². The number of pyridine rings is 1. The van der Waals surface area contributed by atoms with Crippen LogP contribution in [0.3, 0.4) is 0 Å². The molecule has 1 atom stereocenters. The predicted molar refractivity (Wildman–Crippen MR) is 112 cm³/mol. The molecule has 2 aliphatic heterocycles. The van der Waals surface area contributed by atoms with Gasteiger partial charge in [-0.3, -0.25) is 9.99 Å². The van der Waals surface area contributed by atoms with Crippen LogP contribution in [0.15, 0.2) is 47.7 Å². The van der Waals surface area contributed by atoms with Gasteiger partial charge in [-0.2, -0.15) is 27.1 Å². The van der Waals surface area contributed by atoms with Gasteiger partial charge in [0.2, 0.25) is 0 Å². The highest BCUT2D eigenvalue weighted by atomic mass is 35.5. The minimum Gasteiger partial charge on any atom is -0.313 e. The number of hydrazone groups is 1. The molecule has 1 unspecified atom stereocenters. The molecule has 0 fully saturated rings. The van der Waals surface area contributed by atoms with Gasteiger partial charge in [0.1, 0.15) is 11.5 Å². The summed E-state index contributed by atoms with van der Waals surface area (Å²) in [6, 6.07) is 4.20. The third kappa shape index (κ3) is 4.84. The highest BCUT2D eigenvalue weighted by molar-refractivity contribution is 5.95. The molecule has 0 amide bonds. The first-order valence-corrected chi connectivity index (χ1v) is 9.71. The van der Waals surface area contributed by atoms with Crippen molar-refractivity contribution in [3.05, 3.63) is 65.5 Å². The molecule has 0 aliphatic carbocycles. The fraction of sp³-hybridized carbons (Fsp3) is 0.333. The molecule has 2 aliphatic rings. The van der Waals surface area contributed by atoms with Crippen molar-refractivity contribution in [2.45, 2.75) is 31.0 Å². The molecule has 0 radical (unpaired) electrons. The molecule has 0 bridgehead atoms. The molecular formula is C21H18ClF7N4. The fourth-order valence-corrected chi connectivity index (χ4v) is 3.70. The second kappa shape index (κ2) is 9.30. The summed E-state index contributed by atoms with van der Waals surface area (Å²) in [6.07, 6.45) is -2.69. The minimum atomic E-state index is -5.86. The first-order valence-electron chi connectivity index (χ1n) is 9.71. The van der Waals surface area contributed by atoms with E-state index >= 15 is 0 Å². The molecule has 0 spiro atoms. The van der Waals surface area contributed by atoms with Gasteiger partial charge in [0.05, 0.1) is 17.4 Å². The molecule has 0 saturated carbocycles. The van der Waals surface area contributed by atoms with Gasteiger partial charge in [0.25, 0.3) is 0 Å². The largest absolute Gasteiger partial charge is 0.459 e. The molecule has 1 aromatic heterocycles. The van der Waals surface area contributed by atoms with E-state index in [1.165, 1.54) is 12.3 Å². The molecular weight excluding hydrogens is 477 g/mol. The third-order valence-electron chi connectivity index (χ3n) is 5.35. The lowest BCUT2D eigenvalue weighted by atomic mass is 9.96. The first-order chi connectivity index (χ1) is 15.1. The number of benzene rings is 1. The van der Waals surface area contributed by atoms with E-state index < -0.39 is 47.6 Å². The van der Waals surface area contributed by atoms with Crippen molar-refractivity contribution in [1.29, 1.82) is 0 Å². The average Bonchev–Trinajstić information content (AvgIpc) is 3.19. The lowest BCUT2D eigenvalue weighted by Gasteiger charge is -2.25. The Hall–Kier alpha value is -2.66. The summed E-state index contributed by atoms with van der Waals surface area (Å²) in [5, 5.41) is 7.35. The number of aromatic nitrogens is 1. The fourth-order valence-electron chi connectivity index (χ4n) is 3.70. The van der Waals surface area contributed by atoms with Gasteiger partial charge in [-0.1, -0.05) is 6.08 Å². The van der Waals surface area contributed by atoms with E-state index in [9.17, 15) is 30.7 Å². The second-order valence-corrected chi connectivity index (χ2v) is 7.44. The van der Waals surface area contributed by atoms with Crippen molar-refractivity contribution < 1.29 is 30.7 Å². The SMILES string of the molecule is Cl.Fc1ccc(N2N=C(C(F)(F)C(F)(F)F)CC2c2ccnc(C3=CCNCC3)c2)c(F)c1. The Balaban J connectivity index is 0.00000306. The Morgan fingerprint density at radius 3 is 2.42 bits per heavy atom. The lowest BCUT2D eigenvalue weighted by molar-refractivity contribution is -0.249. The van der Waals surface area contributed by atoms with Gasteiger partial charge in [-0.25, -0.2) is 8.78 Å². The van der Waals surface area contributed by atoms with E-state index in [2.05, 4.69) is 15.4 Å². The van der Waals surface area contributed by atoms with E-state index in [1.54, 1.807) is 6.07 Å². The summed E-state index contributed by atoms with van der Waals surface area (Å²) < 4.78 is 94.9. The van der Waals surface area contributed by atoms with Crippen molar-refractivity contribution in [2.75, 3.05) is 18.1 Å². The standard InChI is InChI=1S/C21H17F7N4.ClH/c22-14-1-2-17(15(23)10-14)32-18(11-19(31-32)20(24,25)21(26,27)28)13-5-8-30-16(9-13)12-3-6-29-7-4-12;/h1-3,5,8-10,18,29H,4,6-7,11H2;1H. The van der Waals surface area contributed by atoms with Crippen LogP contribution in [0.2, 0.25) is 0 Å². The number of hydrogen-bond acceptors (Lipinski definition) is 4. The quantitative estimate of drug-likeness (QED) is 0.557. The summed E-state index contributed by atoms with van der Waals surface area (Å²) in [6.45, 7) is 1.32. The Kier molecular flexibility index (Phi) is 7.04. The number of alkyl halides is 5. The van der Waals surface area contributed by atoms with Crippen LogP contribution in [0.25, 0.3) is 5.57 Å². The van der Waals surface area contributed by atoms with E-state index in [1.807, 2.05) is 6.08 Å². The number of rotatable bonds is 4. The molecule has 12 heteroatoms. The van der Waals surface area contributed by atoms with Crippen LogP contribution in [0.4, 0.5) is 36.4 Å². The van der Waals surface area contributed by atoms with Gasteiger partial charge in [-0.05, 0) is 48.4 Å². The van der Waals surface area contributed by atoms with Gasteiger partial charge in [0, 0.05) is 25.2 Å². The van der Waals surface area contributed by atoms with E-state index in [-0.39, 0.29) is 12.4 Å². The summed E-state index contributed by atoms with van der Waals surface area (Å²) in [4.78, 5) is 4.26. The maximum atomic E-state index is 14.4. The Morgan fingerprint density at radius 1 is 1.03 bits per heavy atom. The van der Waals surface area contributed by atoms with Crippen molar-refractivity contribution >= 4 is 29.4 Å². The summed E-state index contributed by atoms with van der Waals surface area (Å²) in [5.41, 5.74) is -0.0960. The number of halogens is 8. The Morgan fingerprint density at radius 2 is 1.79 bits per heavy atom. The van der Waals surface area contributed by atoms with Gasteiger partial charge < -0.3 is 5.32 Å². The highest BCUT2D eigenvalue weighted by Crippen LogP contribution is 2.45. The average molecular weight is 495 g/mol. The van der Waals surface area contributed by atoms with Crippen LogP contribution >= 0.6 is 12.4 Å². The van der Waals surface area contributed by atoms with Crippen molar-refractivity contribution in [1.82, 2.24) is 10.3 Å². The second-order valence-electron chi connectivity index (χ2n) is 7.44. The topological polar surface area (TPSA) is 40.5 Å². The minimum absolute atomic E-state index is 0. The van der Waals surface area contributed by atoms with E-state index in [0.29, 0.717) is 36.8 Å². The van der Waals surface area contributed by atoms with Gasteiger partial charge in [-0.15, -0.1) is 12.4 Å². The number of hydrogen-bond donors (Lipinski definition) is 1. The van der Waals surface area contributed by atoms with Crippen molar-refractivity contribution in [3.63, 3.8) is 0 Å². The molecule has 33 heavy (non-hydrogen) atoms. The maximum Gasteiger partial charge on any atom is 0.459 e. The molecule has 2 aromatic rings. The zero-order valence-electron chi connectivity index (χ0n) is 16.8. The Bertz CT molecular complexity index is 1080. The number of nitrogens with one attached hydrogen (secondary N) is 1. The van der Waals surface area contributed by atoms with Gasteiger partial charge in [0.15, 0.2) is 5.82 Å². The van der Waals surface area contributed by atoms with Crippen LogP contribution in [0, 0.1) is 11.6 Å². The molecule has 0 saturated heterocycles.